The van der Waals surface area contributed by atoms with Crippen molar-refractivity contribution < 1.29 is 35.9 Å². The summed E-state index contributed by atoms with van der Waals surface area (Å²) in [6, 6.07) is -5.02. The Bertz CT molecular complexity index is 266. The molecule has 0 bridgehead atoms. The van der Waals surface area contributed by atoms with Crippen LogP contribution in [-0.4, -0.2) is 45.0 Å². The van der Waals surface area contributed by atoms with E-state index in [2.05, 4.69) is 0 Å². The predicted molar refractivity (Wildman–Crippen MR) is 47.5 cm³/mol. The zero-order chi connectivity index (χ0) is 15.4. The number of alkyl halides is 1. The molecule has 0 aliphatic heterocycles. The van der Waals surface area contributed by atoms with Gasteiger partial charge >= 0.3 is 0 Å². The molecular weight excluding hydrogens is 316 g/mol. The molecule has 0 rings (SSSR count). The number of hydrogen-bond donors (Lipinski definition) is 0. The molecule has 0 aliphatic rings. The van der Waals surface area contributed by atoms with Gasteiger partial charge in [-0.05, 0) is 13.3 Å². The molecule has 0 amide bonds. The highest BCUT2D eigenvalue weighted by Crippen LogP contribution is 2.33. The van der Waals surface area contributed by atoms with Crippen LogP contribution in [0.15, 0.2) is 0 Å². The Labute approximate surface area is 107 Å². The van der Waals surface area contributed by atoms with Crippen LogP contribution in [0.4, 0.5) is 35.9 Å². The van der Waals surface area contributed by atoms with Gasteiger partial charge in [0.2, 0.25) is 0 Å². The first-order chi connectivity index (χ1) is 8.50. The molecule has 0 aromatic rings. The fourth-order valence-corrected chi connectivity index (χ4v) is 1.38. The van der Waals surface area contributed by atoms with E-state index in [1.807, 2.05) is 0 Å². The Kier molecular flexibility index (Phi) is 7.21. The second-order valence-electron chi connectivity index (χ2n) is 3.67. The minimum Gasteiger partial charge on any atom is -0.101 e. The summed E-state index contributed by atoms with van der Waals surface area (Å²) >= 11 is 5.11. The van der Waals surface area contributed by atoms with Crippen molar-refractivity contribution in [1.82, 2.24) is 21.4 Å². The maximum absolute atomic E-state index is 12.4. The molecule has 3 unspecified atom stereocenters. The molecular formula is C6H9ClF8N4. The second kappa shape index (κ2) is 7.38. The zero-order valence-corrected chi connectivity index (χ0v) is 10.0. The number of halogens is 9. The molecule has 0 spiro atoms. The van der Waals surface area contributed by atoms with Gasteiger partial charge < -0.3 is 0 Å². The Morgan fingerprint density at radius 2 is 1.42 bits per heavy atom. The van der Waals surface area contributed by atoms with E-state index in [4.69, 9.17) is 11.6 Å². The second-order valence-corrected chi connectivity index (χ2v) is 4.43. The third-order valence-corrected chi connectivity index (χ3v) is 2.67. The van der Waals surface area contributed by atoms with Crippen molar-refractivity contribution in [3.63, 3.8) is 0 Å². The van der Waals surface area contributed by atoms with Crippen LogP contribution in [0.25, 0.3) is 0 Å². The summed E-state index contributed by atoms with van der Waals surface area (Å²) in [6.45, 7) is -1.19. The molecule has 0 aromatic heterocycles. The third kappa shape index (κ3) is 5.60. The lowest BCUT2D eigenvalue weighted by molar-refractivity contribution is -0.283. The van der Waals surface area contributed by atoms with Crippen molar-refractivity contribution in [2.24, 2.45) is 0 Å². The summed E-state index contributed by atoms with van der Waals surface area (Å²) in [7, 11) is 0. The monoisotopic (exact) mass is 324 g/mol. The van der Waals surface area contributed by atoms with E-state index < -0.39 is 51.4 Å². The van der Waals surface area contributed by atoms with Crippen LogP contribution in [0, 0.1) is 0 Å². The number of rotatable bonds is 8. The molecule has 19 heavy (non-hydrogen) atoms. The van der Waals surface area contributed by atoms with Crippen molar-refractivity contribution in [3.8, 4) is 0 Å². The SMILES string of the molecule is CC(Cl)(C(CC(CN(F)F)N(F)F)N(F)F)N(F)F. The quantitative estimate of drug-likeness (QED) is 0.294. The van der Waals surface area contributed by atoms with E-state index in [1.165, 1.54) is 0 Å². The lowest BCUT2D eigenvalue weighted by Gasteiger charge is -2.33. The van der Waals surface area contributed by atoms with E-state index >= 15 is 0 Å². The average molecular weight is 325 g/mol. The molecule has 3 atom stereocenters. The summed E-state index contributed by atoms with van der Waals surface area (Å²) in [5.74, 6) is 0. The summed E-state index contributed by atoms with van der Waals surface area (Å²) in [5.41, 5.74) is 0. The molecule has 13 heteroatoms. The average Bonchev–Trinajstić information content (AvgIpc) is 2.21. The summed E-state index contributed by atoms with van der Waals surface area (Å²) < 4.78 is 97.7. The van der Waals surface area contributed by atoms with Gasteiger partial charge in [0.25, 0.3) is 0 Å². The van der Waals surface area contributed by atoms with Crippen LogP contribution in [0.1, 0.15) is 13.3 Å². The topological polar surface area (TPSA) is 13.0 Å². The molecule has 116 valence electrons. The fraction of sp³-hybridized carbons (Fsp3) is 1.00. The molecule has 0 aromatic carbocycles. The first-order valence-electron chi connectivity index (χ1n) is 4.61. The van der Waals surface area contributed by atoms with Gasteiger partial charge in [0.1, 0.15) is 6.04 Å². The molecule has 4 nitrogen and oxygen atoms in total. The summed E-state index contributed by atoms with van der Waals surface area (Å²) in [5, 5.41) is -7.08. The van der Waals surface area contributed by atoms with Crippen LogP contribution in [-0.2, 0) is 0 Å². The van der Waals surface area contributed by atoms with Crippen LogP contribution in [0.5, 0.6) is 0 Å². The first kappa shape index (κ1) is 18.6. The van der Waals surface area contributed by atoms with Crippen LogP contribution >= 0.6 is 11.6 Å². The van der Waals surface area contributed by atoms with Gasteiger partial charge in [-0.25, -0.2) is 0 Å². The Hall–Kier alpha value is -0.430. The number of hydrogen-bond acceptors (Lipinski definition) is 4. The number of nitrogens with zero attached hydrogens (tertiary/aromatic N) is 4. The van der Waals surface area contributed by atoms with Crippen molar-refractivity contribution in [2.75, 3.05) is 6.54 Å². The minimum absolute atomic E-state index is 0.436. The third-order valence-electron chi connectivity index (χ3n) is 2.29. The zero-order valence-electron chi connectivity index (χ0n) is 9.26. The highest BCUT2D eigenvalue weighted by molar-refractivity contribution is 6.23. The largest absolute Gasteiger partial charge is 0.175 e. The minimum atomic E-state index is -3.03. The molecule has 0 fully saturated rings. The predicted octanol–water partition coefficient (Wildman–Crippen LogP) is 3.35. The van der Waals surface area contributed by atoms with Gasteiger partial charge in [0.15, 0.2) is 5.00 Å². The van der Waals surface area contributed by atoms with Crippen LogP contribution < -0.4 is 0 Å². The van der Waals surface area contributed by atoms with Crippen molar-refractivity contribution in [1.29, 1.82) is 0 Å². The summed E-state index contributed by atoms with van der Waals surface area (Å²) in [6.07, 6.45) is -1.42. The van der Waals surface area contributed by atoms with Crippen molar-refractivity contribution in [3.05, 3.63) is 0 Å². The molecule has 0 saturated carbocycles. The Morgan fingerprint density at radius 1 is 0.947 bits per heavy atom. The molecule has 0 radical (unpaired) electrons. The Morgan fingerprint density at radius 3 is 1.68 bits per heavy atom. The first-order valence-corrected chi connectivity index (χ1v) is 4.99. The van der Waals surface area contributed by atoms with Gasteiger partial charge in [-0.1, -0.05) is 20.6 Å². The van der Waals surface area contributed by atoms with Gasteiger partial charge in [-0.3, -0.25) is 0 Å². The molecule has 0 N–H and O–H groups in total. The fourth-order valence-electron chi connectivity index (χ4n) is 1.22. The van der Waals surface area contributed by atoms with E-state index in [0.717, 1.165) is 0 Å². The van der Waals surface area contributed by atoms with Crippen LogP contribution in [0.2, 0.25) is 0 Å². The highest BCUT2D eigenvalue weighted by atomic mass is 35.5. The van der Waals surface area contributed by atoms with Gasteiger partial charge in [0.05, 0.1) is 12.6 Å². The highest BCUT2D eigenvalue weighted by Gasteiger charge is 2.47. The molecule has 0 aliphatic carbocycles. The normalized spacial score (nSPS) is 19.3. The lowest BCUT2D eigenvalue weighted by Crippen LogP contribution is -2.51. The van der Waals surface area contributed by atoms with Crippen molar-refractivity contribution >= 4 is 11.6 Å². The van der Waals surface area contributed by atoms with Gasteiger partial charge in [-0.15, -0.1) is 26.9 Å². The van der Waals surface area contributed by atoms with Gasteiger partial charge in [-0.2, -0.15) is 0 Å². The lowest BCUT2D eigenvalue weighted by atomic mass is 10.0. The van der Waals surface area contributed by atoms with E-state index in [0.29, 0.717) is 6.92 Å². The molecule has 0 saturated heterocycles. The van der Waals surface area contributed by atoms with Crippen molar-refractivity contribution in [2.45, 2.75) is 30.4 Å². The van der Waals surface area contributed by atoms with E-state index in [9.17, 15) is 35.9 Å². The molecule has 0 heterocycles. The summed E-state index contributed by atoms with van der Waals surface area (Å²) in [4.78, 5) is -3.03. The Balaban J connectivity index is 5.00. The maximum atomic E-state index is 12.4. The van der Waals surface area contributed by atoms with Gasteiger partial charge in [0, 0.05) is 21.4 Å². The van der Waals surface area contributed by atoms with E-state index in [-0.39, 0.29) is 0 Å². The standard InChI is InChI=1S/C6H9ClF8N4/c1-6(7,19(14)15)5(18(12)13)2-4(17(10)11)3-16(8)9/h4-5H,2-3H2,1H3. The maximum Gasteiger partial charge on any atom is 0.175 e. The van der Waals surface area contributed by atoms with Crippen LogP contribution in [0.3, 0.4) is 0 Å². The smallest absolute Gasteiger partial charge is 0.101 e. The van der Waals surface area contributed by atoms with E-state index in [1.54, 1.807) is 0 Å².